The van der Waals surface area contributed by atoms with Crippen LogP contribution in [0, 0.1) is 0 Å². The number of nitrogens with zero attached hydrogens (tertiary/aromatic N) is 1. The van der Waals surface area contributed by atoms with Gasteiger partial charge in [0.1, 0.15) is 0 Å². The van der Waals surface area contributed by atoms with Crippen LogP contribution in [0.1, 0.15) is 18.9 Å². The molecule has 2 nitrogen and oxygen atoms in total. The van der Waals surface area contributed by atoms with Gasteiger partial charge in [0, 0.05) is 23.6 Å². The Bertz CT molecular complexity index is 346. The molecule has 0 bridgehead atoms. The molecule has 1 unspecified atom stereocenters. The van der Waals surface area contributed by atoms with Crippen LogP contribution in [0.4, 0.5) is 0 Å². The third kappa shape index (κ3) is 5.74. The molecule has 4 heteroatoms. The number of thioether (sulfide) groups is 1. The summed E-state index contributed by atoms with van der Waals surface area (Å²) in [7, 11) is 2.16. The van der Waals surface area contributed by atoms with Crippen molar-refractivity contribution in [2.75, 3.05) is 25.1 Å². The van der Waals surface area contributed by atoms with Crippen molar-refractivity contribution in [3.63, 3.8) is 0 Å². The standard InChI is InChI=1S/C14H23BrN2S/c1-3-18-8-7-14(10-16)17(2)11-12-5-4-6-13(15)9-12/h4-6,9,14H,3,7-8,10-11,16H2,1-2H3. The van der Waals surface area contributed by atoms with Crippen molar-refractivity contribution in [1.29, 1.82) is 0 Å². The maximum atomic E-state index is 5.88. The van der Waals surface area contributed by atoms with Gasteiger partial charge in [-0.15, -0.1) is 0 Å². The number of rotatable bonds is 8. The normalized spacial score (nSPS) is 12.9. The minimum absolute atomic E-state index is 0.475. The van der Waals surface area contributed by atoms with E-state index < -0.39 is 0 Å². The predicted molar refractivity (Wildman–Crippen MR) is 86.1 cm³/mol. The van der Waals surface area contributed by atoms with E-state index in [1.165, 1.54) is 23.5 Å². The van der Waals surface area contributed by atoms with Gasteiger partial charge in [0.15, 0.2) is 0 Å². The second kappa shape index (κ2) is 8.97. The summed E-state index contributed by atoms with van der Waals surface area (Å²) in [6, 6.07) is 8.95. The van der Waals surface area contributed by atoms with Crippen molar-refractivity contribution in [2.45, 2.75) is 25.9 Å². The molecule has 0 radical (unpaired) electrons. The van der Waals surface area contributed by atoms with Crippen molar-refractivity contribution < 1.29 is 0 Å². The van der Waals surface area contributed by atoms with Gasteiger partial charge < -0.3 is 5.73 Å². The van der Waals surface area contributed by atoms with Crippen molar-refractivity contribution in [2.24, 2.45) is 5.73 Å². The Kier molecular flexibility index (Phi) is 7.98. The van der Waals surface area contributed by atoms with Gasteiger partial charge in [-0.1, -0.05) is 35.0 Å². The predicted octanol–water partition coefficient (Wildman–Crippen LogP) is 3.35. The lowest BCUT2D eigenvalue weighted by atomic mass is 10.1. The number of nitrogens with two attached hydrogens (primary N) is 1. The first-order valence-electron chi connectivity index (χ1n) is 6.39. The van der Waals surface area contributed by atoms with Crippen LogP contribution >= 0.6 is 27.7 Å². The van der Waals surface area contributed by atoms with Crippen LogP contribution in [0.15, 0.2) is 28.7 Å². The Morgan fingerprint density at radius 3 is 2.83 bits per heavy atom. The molecule has 0 fully saturated rings. The smallest absolute Gasteiger partial charge is 0.0234 e. The Labute approximate surface area is 123 Å². The Morgan fingerprint density at radius 1 is 1.44 bits per heavy atom. The fourth-order valence-electron chi connectivity index (χ4n) is 1.93. The quantitative estimate of drug-likeness (QED) is 0.741. The van der Waals surface area contributed by atoms with Crippen LogP contribution in [0.2, 0.25) is 0 Å². The summed E-state index contributed by atoms with van der Waals surface area (Å²) in [4.78, 5) is 2.36. The van der Waals surface area contributed by atoms with E-state index in [0.717, 1.165) is 17.6 Å². The molecule has 1 aromatic rings. The average molecular weight is 331 g/mol. The molecule has 0 amide bonds. The molecule has 102 valence electrons. The topological polar surface area (TPSA) is 29.3 Å². The Morgan fingerprint density at radius 2 is 2.22 bits per heavy atom. The monoisotopic (exact) mass is 330 g/mol. The summed E-state index contributed by atoms with van der Waals surface area (Å²) in [5.41, 5.74) is 7.21. The van der Waals surface area contributed by atoms with Gasteiger partial charge >= 0.3 is 0 Å². The second-order valence-electron chi connectivity index (χ2n) is 4.42. The third-order valence-electron chi connectivity index (χ3n) is 3.02. The van der Waals surface area contributed by atoms with E-state index in [9.17, 15) is 0 Å². The molecule has 0 spiro atoms. The van der Waals surface area contributed by atoms with Gasteiger partial charge in [0.25, 0.3) is 0 Å². The highest BCUT2D eigenvalue weighted by Gasteiger charge is 2.13. The van der Waals surface area contributed by atoms with Crippen molar-refractivity contribution >= 4 is 27.7 Å². The maximum absolute atomic E-state index is 5.88. The molecule has 0 aliphatic heterocycles. The van der Waals surface area contributed by atoms with Gasteiger partial charge in [-0.25, -0.2) is 0 Å². The SMILES string of the molecule is CCSCCC(CN)N(C)Cc1cccc(Br)c1. The molecule has 1 aromatic carbocycles. The molecule has 0 saturated carbocycles. The molecular weight excluding hydrogens is 308 g/mol. The van der Waals surface area contributed by atoms with Crippen molar-refractivity contribution in [3.05, 3.63) is 34.3 Å². The maximum Gasteiger partial charge on any atom is 0.0234 e. The highest BCUT2D eigenvalue weighted by Crippen LogP contribution is 2.15. The molecule has 0 aromatic heterocycles. The van der Waals surface area contributed by atoms with Crippen LogP contribution in [0.25, 0.3) is 0 Å². The van der Waals surface area contributed by atoms with Crippen LogP contribution in [-0.4, -0.2) is 36.0 Å². The highest BCUT2D eigenvalue weighted by molar-refractivity contribution is 9.10. The fourth-order valence-corrected chi connectivity index (χ4v) is 3.11. The van der Waals surface area contributed by atoms with Crippen LogP contribution in [-0.2, 0) is 6.54 Å². The molecule has 1 rings (SSSR count). The van der Waals surface area contributed by atoms with Gasteiger partial charge in [-0.3, -0.25) is 4.90 Å². The summed E-state index contributed by atoms with van der Waals surface area (Å²) >= 11 is 5.50. The summed E-state index contributed by atoms with van der Waals surface area (Å²) in [5.74, 6) is 2.38. The fraction of sp³-hybridized carbons (Fsp3) is 0.571. The van der Waals surface area contributed by atoms with Crippen molar-refractivity contribution in [1.82, 2.24) is 4.90 Å². The first kappa shape index (κ1) is 16.0. The molecule has 2 N–H and O–H groups in total. The molecule has 0 saturated heterocycles. The molecular formula is C14H23BrN2S. The number of halogens is 1. The Balaban J connectivity index is 2.48. The number of likely N-dealkylation sites (N-methyl/N-ethyl adjacent to an activating group) is 1. The first-order valence-corrected chi connectivity index (χ1v) is 8.34. The molecule has 18 heavy (non-hydrogen) atoms. The second-order valence-corrected chi connectivity index (χ2v) is 6.73. The highest BCUT2D eigenvalue weighted by atomic mass is 79.9. The van der Waals surface area contributed by atoms with E-state index in [1.54, 1.807) is 0 Å². The lowest BCUT2D eigenvalue weighted by molar-refractivity contribution is 0.234. The van der Waals surface area contributed by atoms with Gasteiger partial charge in [-0.2, -0.15) is 11.8 Å². The van der Waals surface area contributed by atoms with Crippen LogP contribution < -0.4 is 5.73 Å². The van der Waals surface area contributed by atoms with E-state index in [2.05, 4.69) is 59.1 Å². The van der Waals surface area contributed by atoms with Crippen molar-refractivity contribution in [3.8, 4) is 0 Å². The largest absolute Gasteiger partial charge is 0.329 e. The molecule has 0 heterocycles. The molecule has 1 atom stereocenters. The summed E-state index contributed by atoms with van der Waals surface area (Å²) in [6.07, 6.45) is 1.17. The molecule has 0 aliphatic rings. The van der Waals surface area contributed by atoms with E-state index in [1.807, 2.05) is 11.8 Å². The Hall–Kier alpha value is -0.0300. The summed E-state index contributed by atoms with van der Waals surface area (Å²) in [6.45, 7) is 3.89. The lowest BCUT2D eigenvalue weighted by Gasteiger charge is -2.27. The zero-order valence-electron chi connectivity index (χ0n) is 11.2. The minimum Gasteiger partial charge on any atom is -0.329 e. The number of hydrogen-bond donors (Lipinski definition) is 1. The number of benzene rings is 1. The summed E-state index contributed by atoms with van der Waals surface area (Å²) < 4.78 is 1.14. The van der Waals surface area contributed by atoms with Gasteiger partial charge in [-0.05, 0) is 42.7 Å². The van der Waals surface area contributed by atoms with E-state index >= 15 is 0 Å². The molecule has 0 aliphatic carbocycles. The minimum atomic E-state index is 0.475. The number of hydrogen-bond acceptors (Lipinski definition) is 3. The third-order valence-corrected chi connectivity index (χ3v) is 4.44. The average Bonchev–Trinajstić information content (AvgIpc) is 2.34. The lowest BCUT2D eigenvalue weighted by Crippen LogP contribution is -2.37. The first-order chi connectivity index (χ1) is 8.67. The van der Waals surface area contributed by atoms with Crippen LogP contribution in [0.5, 0.6) is 0 Å². The van der Waals surface area contributed by atoms with E-state index in [-0.39, 0.29) is 0 Å². The summed E-state index contributed by atoms with van der Waals surface area (Å²) in [5, 5.41) is 0. The van der Waals surface area contributed by atoms with Gasteiger partial charge in [0.05, 0.1) is 0 Å². The van der Waals surface area contributed by atoms with Crippen LogP contribution in [0.3, 0.4) is 0 Å². The van der Waals surface area contributed by atoms with E-state index in [0.29, 0.717) is 6.04 Å². The van der Waals surface area contributed by atoms with E-state index in [4.69, 9.17) is 5.73 Å². The zero-order chi connectivity index (χ0) is 13.4. The van der Waals surface area contributed by atoms with Gasteiger partial charge in [0.2, 0.25) is 0 Å². The zero-order valence-corrected chi connectivity index (χ0v) is 13.6.